The number of aryl methyl sites for hydroxylation is 1. The summed E-state index contributed by atoms with van der Waals surface area (Å²) in [5.74, 6) is 0.945. The van der Waals surface area contributed by atoms with Crippen LogP contribution in [0.2, 0.25) is 0 Å². The minimum Gasteiger partial charge on any atom is -0.384 e. The molecule has 0 saturated heterocycles. The van der Waals surface area contributed by atoms with E-state index in [-0.39, 0.29) is 12.2 Å². The third-order valence-electron chi connectivity index (χ3n) is 2.27. The van der Waals surface area contributed by atoms with Gasteiger partial charge in [-0.3, -0.25) is 4.79 Å². The molecule has 0 aromatic carbocycles. The summed E-state index contributed by atoms with van der Waals surface area (Å²) in [6.07, 6.45) is 3.43. The minimum atomic E-state index is -0.0545. The Labute approximate surface area is 98.7 Å². The Hall–Kier alpha value is -2.30. The Bertz CT molecular complexity index is 554. The van der Waals surface area contributed by atoms with Gasteiger partial charge in [-0.25, -0.2) is 15.0 Å². The normalized spacial score (nSPS) is 10.2. The molecule has 2 rings (SSSR count). The highest BCUT2D eigenvalue weighted by Gasteiger charge is 2.09. The number of anilines is 1. The van der Waals surface area contributed by atoms with Gasteiger partial charge in [0.1, 0.15) is 17.3 Å². The largest absolute Gasteiger partial charge is 0.384 e. The number of nitrogens with two attached hydrogens (primary N) is 1. The topological polar surface area (TPSA) is 81.8 Å². The Kier molecular flexibility index (Phi) is 3.09. The van der Waals surface area contributed by atoms with Crippen molar-refractivity contribution in [2.24, 2.45) is 0 Å². The summed E-state index contributed by atoms with van der Waals surface area (Å²) in [5.41, 5.74) is 6.81. The van der Waals surface area contributed by atoms with Crippen LogP contribution < -0.4 is 5.73 Å². The van der Waals surface area contributed by atoms with Gasteiger partial charge in [-0.05, 0) is 30.7 Å². The zero-order chi connectivity index (χ0) is 12.3. The Morgan fingerprint density at radius 1 is 1.29 bits per heavy atom. The fraction of sp³-hybridized carbons (Fsp3) is 0.167. The van der Waals surface area contributed by atoms with E-state index < -0.39 is 0 Å². The second-order valence-corrected chi connectivity index (χ2v) is 3.68. The van der Waals surface area contributed by atoms with Gasteiger partial charge in [0.25, 0.3) is 0 Å². The summed E-state index contributed by atoms with van der Waals surface area (Å²) in [7, 11) is 0. The second kappa shape index (κ2) is 4.69. The van der Waals surface area contributed by atoms with Gasteiger partial charge < -0.3 is 5.73 Å². The predicted molar refractivity (Wildman–Crippen MR) is 63.5 cm³/mol. The van der Waals surface area contributed by atoms with Gasteiger partial charge >= 0.3 is 0 Å². The smallest absolute Gasteiger partial charge is 0.185 e. The van der Waals surface area contributed by atoms with Gasteiger partial charge in [-0.15, -0.1) is 0 Å². The fourth-order valence-corrected chi connectivity index (χ4v) is 1.49. The number of rotatable bonds is 3. The number of pyridine rings is 1. The van der Waals surface area contributed by atoms with Crippen molar-refractivity contribution in [3.05, 3.63) is 47.7 Å². The third kappa shape index (κ3) is 2.84. The predicted octanol–water partition coefficient (Wildman–Crippen LogP) is 1.19. The molecule has 0 aliphatic carbocycles. The van der Waals surface area contributed by atoms with E-state index in [1.807, 2.05) is 0 Å². The van der Waals surface area contributed by atoms with E-state index in [2.05, 4.69) is 15.0 Å². The van der Waals surface area contributed by atoms with Crippen LogP contribution in [0.4, 0.5) is 5.82 Å². The standard InChI is InChI=1S/C12H12N4O/c1-8-14-5-3-10(16-8)11(17)6-9-2-4-15-12(13)7-9/h2-5,7H,6H2,1H3,(H2,13,15). The molecule has 0 saturated carbocycles. The highest BCUT2D eigenvalue weighted by Crippen LogP contribution is 2.07. The molecule has 0 amide bonds. The van der Waals surface area contributed by atoms with Crippen molar-refractivity contribution < 1.29 is 4.79 Å². The Morgan fingerprint density at radius 2 is 2.06 bits per heavy atom. The molecule has 86 valence electrons. The molecular weight excluding hydrogens is 216 g/mol. The third-order valence-corrected chi connectivity index (χ3v) is 2.27. The molecule has 0 atom stereocenters. The molecule has 0 radical (unpaired) electrons. The van der Waals surface area contributed by atoms with Crippen molar-refractivity contribution in [1.82, 2.24) is 15.0 Å². The molecule has 5 heteroatoms. The number of carbonyl (C=O) groups is 1. The molecule has 0 spiro atoms. The second-order valence-electron chi connectivity index (χ2n) is 3.68. The molecule has 2 N–H and O–H groups in total. The molecule has 5 nitrogen and oxygen atoms in total. The van der Waals surface area contributed by atoms with E-state index in [0.717, 1.165) is 5.56 Å². The summed E-state index contributed by atoms with van der Waals surface area (Å²) in [5, 5.41) is 0. The molecule has 0 unspecified atom stereocenters. The fourth-order valence-electron chi connectivity index (χ4n) is 1.49. The quantitative estimate of drug-likeness (QED) is 0.798. The van der Waals surface area contributed by atoms with E-state index >= 15 is 0 Å². The number of aromatic nitrogens is 3. The van der Waals surface area contributed by atoms with Crippen molar-refractivity contribution in [3.8, 4) is 0 Å². The molecular formula is C12H12N4O. The monoisotopic (exact) mass is 228 g/mol. The van der Waals surface area contributed by atoms with Crippen LogP contribution in [0.25, 0.3) is 0 Å². The van der Waals surface area contributed by atoms with Gasteiger partial charge in [0, 0.05) is 18.8 Å². The first kappa shape index (κ1) is 11.2. The molecule has 2 aromatic heterocycles. The highest BCUT2D eigenvalue weighted by atomic mass is 16.1. The lowest BCUT2D eigenvalue weighted by Crippen LogP contribution is -2.07. The number of nitrogens with zero attached hydrogens (tertiary/aromatic N) is 3. The number of Topliss-reactive ketones (excluding diaryl/α,β-unsaturated/α-hetero) is 1. The van der Waals surface area contributed by atoms with Gasteiger partial charge in [0.2, 0.25) is 0 Å². The maximum Gasteiger partial charge on any atom is 0.185 e. The molecule has 0 bridgehead atoms. The molecule has 0 fully saturated rings. The number of nitrogen functional groups attached to an aromatic ring is 1. The number of hydrogen-bond acceptors (Lipinski definition) is 5. The van der Waals surface area contributed by atoms with E-state index in [9.17, 15) is 4.79 Å². The maximum absolute atomic E-state index is 11.9. The Balaban J connectivity index is 2.17. The van der Waals surface area contributed by atoms with Crippen LogP contribution in [0, 0.1) is 6.92 Å². The number of ketones is 1. The van der Waals surface area contributed by atoms with Crippen LogP contribution >= 0.6 is 0 Å². The van der Waals surface area contributed by atoms with Crippen molar-refractivity contribution >= 4 is 11.6 Å². The first-order valence-electron chi connectivity index (χ1n) is 5.18. The lowest BCUT2D eigenvalue weighted by atomic mass is 10.1. The van der Waals surface area contributed by atoms with Crippen LogP contribution in [0.1, 0.15) is 21.9 Å². The van der Waals surface area contributed by atoms with E-state index in [1.165, 1.54) is 0 Å². The first-order chi connectivity index (χ1) is 8.15. The lowest BCUT2D eigenvalue weighted by molar-refractivity contribution is 0.0988. The molecule has 2 heterocycles. The summed E-state index contributed by atoms with van der Waals surface area (Å²) in [4.78, 5) is 23.8. The average molecular weight is 228 g/mol. The van der Waals surface area contributed by atoms with Crippen LogP contribution in [0.5, 0.6) is 0 Å². The van der Waals surface area contributed by atoms with Gasteiger partial charge in [-0.1, -0.05) is 0 Å². The molecule has 0 aliphatic heterocycles. The summed E-state index contributed by atoms with van der Waals surface area (Å²) >= 11 is 0. The molecule has 0 aliphatic rings. The average Bonchev–Trinajstić information content (AvgIpc) is 2.29. The summed E-state index contributed by atoms with van der Waals surface area (Å²) in [6.45, 7) is 1.75. The van der Waals surface area contributed by atoms with Crippen molar-refractivity contribution in [3.63, 3.8) is 0 Å². The SMILES string of the molecule is Cc1nccc(C(=O)Cc2ccnc(N)c2)n1. The summed E-state index contributed by atoms with van der Waals surface area (Å²) in [6, 6.07) is 5.06. The maximum atomic E-state index is 11.9. The van der Waals surface area contributed by atoms with Crippen molar-refractivity contribution in [2.75, 3.05) is 5.73 Å². The van der Waals surface area contributed by atoms with Crippen LogP contribution in [0.3, 0.4) is 0 Å². The van der Waals surface area contributed by atoms with E-state index in [1.54, 1.807) is 37.5 Å². The summed E-state index contributed by atoms with van der Waals surface area (Å²) < 4.78 is 0. The Morgan fingerprint density at radius 3 is 2.76 bits per heavy atom. The van der Waals surface area contributed by atoms with Gasteiger partial charge in [0.05, 0.1) is 0 Å². The molecule has 2 aromatic rings. The van der Waals surface area contributed by atoms with Gasteiger partial charge in [0.15, 0.2) is 5.78 Å². The van der Waals surface area contributed by atoms with Crippen LogP contribution in [-0.4, -0.2) is 20.7 Å². The van der Waals surface area contributed by atoms with Crippen molar-refractivity contribution in [1.29, 1.82) is 0 Å². The van der Waals surface area contributed by atoms with Crippen molar-refractivity contribution in [2.45, 2.75) is 13.3 Å². The lowest BCUT2D eigenvalue weighted by Gasteiger charge is -2.02. The highest BCUT2D eigenvalue weighted by molar-refractivity contribution is 5.95. The minimum absolute atomic E-state index is 0.0545. The number of carbonyl (C=O) groups excluding carboxylic acids is 1. The van der Waals surface area contributed by atoms with Gasteiger partial charge in [-0.2, -0.15) is 0 Å². The van der Waals surface area contributed by atoms with Crippen LogP contribution in [0.15, 0.2) is 30.6 Å². The first-order valence-corrected chi connectivity index (χ1v) is 5.18. The van der Waals surface area contributed by atoms with Crippen LogP contribution in [-0.2, 0) is 6.42 Å². The zero-order valence-corrected chi connectivity index (χ0v) is 9.42. The van der Waals surface area contributed by atoms with E-state index in [4.69, 9.17) is 5.73 Å². The number of hydrogen-bond donors (Lipinski definition) is 1. The zero-order valence-electron chi connectivity index (χ0n) is 9.42. The molecule has 17 heavy (non-hydrogen) atoms. The van der Waals surface area contributed by atoms with E-state index in [0.29, 0.717) is 17.3 Å².